The lowest BCUT2D eigenvalue weighted by molar-refractivity contribution is -0.113. The van der Waals surface area contributed by atoms with E-state index >= 15 is 0 Å². The Morgan fingerprint density at radius 3 is 2.70 bits per heavy atom. The number of carbonyl (C=O) groups excluding carboxylic acids is 1. The van der Waals surface area contributed by atoms with Gasteiger partial charge in [-0.15, -0.1) is 10.2 Å². The highest BCUT2D eigenvalue weighted by molar-refractivity contribution is 7.99. The van der Waals surface area contributed by atoms with Crippen LogP contribution in [0.2, 0.25) is 10.0 Å². The first-order valence-electron chi connectivity index (χ1n) is 9.66. The Morgan fingerprint density at radius 2 is 1.90 bits per heavy atom. The third-order valence-electron chi connectivity index (χ3n) is 4.77. The maximum atomic E-state index is 12.6. The van der Waals surface area contributed by atoms with Gasteiger partial charge < -0.3 is 14.6 Å². The van der Waals surface area contributed by atoms with Crippen LogP contribution in [0.5, 0.6) is 0 Å². The van der Waals surface area contributed by atoms with Gasteiger partial charge in [-0.25, -0.2) is 0 Å². The Kier molecular flexibility index (Phi) is 6.82. The Morgan fingerprint density at radius 1 is 1.10 bits per heavy atom. The Balaban J connectivity index is 1.40. The Labute approximate surface area is 188 Å². The Bertz CT molecular complexity index is 1040. The predicted octanol–water partition coefficient (Wildman–Crippen LogP) is 5.76. The minimum absolute atomic E-state index is 0.135. The molecule has 0 aliphatic carbocycles. The molecule has 0 saturated carbocycles. The van der Waals surface area contributed by atoms with Gasteiger partial charge in [0.2, 0.25) is 11.8 Å². The molecule has 2 heterocycles. The second kappa shape index (κ2) is 9.73. The van der Waals surface area contributed by atoms with Gasteiger partial charge >= 0.3 is 0 Å². The molecule has 30 heavy (non-hydrogen) atoms. The van der Waals surface area contributed by atoms with Crippen molar-refractivity contribution in [3.63, 3.8) is 0 Å². The smallest absolute Gasteiger partial charge is 0.277 e. The number of rotatable bonds is 6. The average molecular weight is 463 g/mol. The van der Waals surface area contributed by atoms with Crippen LogP contribution in [-0.4, -0.2) is 34.9 Å². The lowest BCUT2D eigenvalue weighted by Crippen LogP contribution is -2.30. The molecule has 1 fully saturated rings. The highest BCUT2D eigenvalue weighted by atomic mass is 35.5. The molecule has 0 atom stereocenters. The first kappa shape index (κ1) is 21.0. The fourth-order valence-electron chi connectivity index (χ4n) is 3.34. The number of carbonyl (C=O) groups is 1. The normalized spacial score (nSPS) is 14.0. The number of nitrogens with one attached hydrogen (secondary N) is 1. The third kappa shape index (κ3) is 5.09. The van der Waals surface area contributed by atoms with Crippen molar-refractivity contribution in [2.24, 2.45) is 0 Å². The summed E-state index contributed by atoms with van der Waals surface area (Å²) >= 11 is 13.5. The third-order valence-corrected chi connectivity index (χ3v) is 6.15. The monoisotopic (exact) mass is 462 g/mol. The van der Waals surface area contributed by atoms with Crippen molar-refractivity contribution >= 4 is 52.2 Å². The van der Waals surface area contributed by atoms with E-state index < -0.39 is 0 Å². The molecule has 1 aromatic heterocycles. The summed E-state index contributed by atoms with van der Waals surface area (Å²) in [6, 6.07) is 12.8. The standard InChI is InChI=1S/C21H20Cl2N4O2S/c22-14-8-9-18(27-10-4-1-5-11-27)17(12-14)24-19(28)13-30-21-26-25-20(29-21)15-6-2-3-7-16(15)23/h2-3,6-9,12H,1,4-5,10-11,13H2,(H,24,28). The molecular formula is C21H20Cl2N4O2S. The van der Waals surface area contributed by atoms with Gasteiger partial charge in [0.1, 0.15) is 0 Å². The van der Waals surface area contributed by atoms with Gasteiger partial charge in [0.25, 0.3) is 5.22 Å². The van der Waals surface area contributed by atoms with Crippen molar-refractivity contribution in [3.8, 4) is 11.5 Å². The van der Waals surface area contributed by atoms with Crippen molar-refractivity contribution in [1.82, 2.24) is 10.2 Å². The first-order valence-corrected chi connectivity index (χ1v) is 11.4. The topological polar surface area (TPSA) is 71.3 Å². The fraction of sp³-hybridized carbons (Fsp3) is 0.286. The van der Waals surface area contributed by atoms with Gasteiger partial charge in [0.15, 0.2) is 0 Å². The van der Waals surface area contributed by atoms with Gasteiger partial charge in [0, 0.05) is 18.1 Å². The molecule has 1 N–H and O–H groups in total. The number of aromatic nitrogens is 2. The molecule has 2 aromatic carbocycles. The van der Waals surface area contributed by atoms with E-state index in [2.05, 4.69) is 20.4 Å². The van der Waals surface area contributed by atoms with Crippen LogP contribution in [0.1, 0.15) is 19.3 Å². The van der Waals surface area contributed by atoms with Gasteiger partial charge in [-0.05, 0) is 49.6 Å². The average Bonchev–Trinajstić information content (AvgIpc) is 3.22. The zero-order valence-electron chi connectivity index (χ0n) is 16.1. The summed E-state index contributed by atoms with van der Waals surface area (Å²) in [6.45, 7) is 1.96. The molecule has 1 saturated heterocycles. The van der Waals surface area contributed by atoms with Crippen LogP contribution in [-0.2, 0) is 4.79 Å². The largest absolute Gasteiger partial charge is 0.411 e. The Hall–Kier alpha value is -2.22. The number of hydrogen-bond acceptors (Lipinski definition) is 6. The van der Waals surface area contributed by atoms with Crippen LogP contribution in [0.4, 0.5) is 11.4 Å². The van der Waals surface area contributed by atoms with Crippen LogP contribution in [0.15, 0.2) is 52.1 Å². The van der Waals surface area contributed by atoms with Crippen LogP contribution in [0, 0.1) is 0 Å². The minimum Gasteiger partial charge on any atom is -0.411 e. The summed E-state index contributed by atoms with van der Waals surface area (Å²) in [5.41, 5.74) is 2.38. The number of nitrogens with zero attached hydrogens (tertiary/aromatic N) is 3. The van der Waals surface area contributed by atoms with E-state index in [4.69, 9.17) is 27.6 Å². The quantitative estimate of drug-likeness (QED) is 0.469. The number of piperidine rings is 1. The molecule has 0 unspecified atom stereocenters. The van der Waals surface area contributed by atoms with Crippen molar-refractivity contribution in [1.29, 1.82) is 0 Å². The molecule has 1 aliphatic heterocycles. The van der Waals surface area contributed by atoms with Gasteiger partial charge in [-0.3, -0.25) is 4.79 Å². The molecular weight excluding hydrogens is 443 g/mol. The summed E-state index contributed by atoms with van der Waals surface area (Å²) in [5.74, 6) is 0.291. The van der Waals surface area contributed by atoms with Crippen LogP contribution >= 0.6 is 35.0 Å². The molecule has 0 radical (unpaired) electrons. The van der Waals surface area contributed by atoms with Crippen LogP contribution < -0.4 is 10.2 Å². The molecule has 9 heteroatoms. The summed E-state index contributed by atoms with van der Waals surface area (Å²) in [6.07, 6.45) is 3.54. The SMILES string of the molecule is O=C(CSc1nnc(-c2ccccc2Cl)o1)Nc1cc(Cl)ccc1N1CCCCC1. The van der Waals surface area contributed by atoms with Crippen molar-refractivity contribution in [2.45, 2.75) is 24.5 Å². The van der Waals surface area contributed by atoms with Gasteiger partial charge in [-0.2, -0.15) is 0 Å². The van der Waals surface area contributed by atoms with E-state index in [1.54, 1.807) is 18.2 Å². The second-order valence-electron chi connectivity index (χ2n) is 6.90. The lowest BCUT2D eigenvalue weighted by Gasteiger charge is -2.30. The molecule has 1 aliphatic rings. The van der Waals surface area contributed by atoms with E-state index in [9.17, 15) is 4.79 Å². The number of halogens is 2. The summed E-state index contributed by atoms with van der Waals surface area (Å²) in [7, 11) is 0. The molecule has 6 nitrogen and oxygen atoms in total. The zero-order valence-corrected chi connectivity index (χ0v) is 18.4. The maximum absolute atomic E-state index is 12.6. The van der Waals surface area contributed by atoms with Crippen molar-refractivity contribution in [2.75, 3.05) is 29.1 Å². The van der Waals surface area contributed by atoms with Gasteiger partial charge in [0.05, 0.1) is 27.7 Å². The molecule has 156 valence electrons. The number of thioether (sulfide) groups is 1. The van der Waals surface area contributed by atoms with Crippen LogP contribution in [0.25, 0.3) is 11.5 Å². The van der Waals surface area contributed by atoms with Crippen molar-refractivity contribution < 1.29 is 9.21 Å². The number of anilines is 2. The lowest BCUT2D eigenvalue weighted by atomic mass is 10.1. The number of amides is 1. The summed E-state index contributed by atoms with van der Waals surface area (Å²) in [5, 5.41) is 12.4. The first-order chi connectivity index (χ1) is 14.6. The predicted molar refractivity (Wildman–Crippen MR) is 122 cm³/mol. The van der Waals surface area contributed by atoms with Gasteiger partial charge in [-0.1, -0.05) is 47.1 Å². The van der Waals surface area contributed by atoms with Crippen LogP contribution in [0.3, 0.4) is 0 Å². The molecule has 0 bridgehead atoms. The molecule has 4 rings (SSSR count). The fourth-order valence-corrected chi connectivity index (χ4v) is 4.30. The molecule has 1 amide bonds. The summed E-state index contributed by atoms with van der Waals surface area (Å²) in [4.78, 5) is 14.8. The highest BCUT2D eigenvalue weighted by Crippen LogP contribution is 2.32. The zero-order chi connectivity index (χ0) is 20.9. The second-order valence-corrected chi connectivity index (χ2v) is 8.67. The van der Waals surface area contributed by atoms with E-state index in [-0.39, 0.29) is 11.7 Å². The van der Waals surface area contributed by atoms with E-state index in [0.29, 0.717) is 26.7 Å². The maximum Gasteiger partial charge on any atom is 0.277 e. The minimum atomic E-state index is -0.169. The number of hydrogen-bond donors (Lipinski definition) is 1. The van der Waals surface area contributed by atoms with E-state index in [1.165, 1.54) is 18.2 Å². The van der Waals surface area contributed by atoms with E-state index in [0.717, 1.165) is 37.3 Å². The highest BCUT2D eigenvalue weighted by Gasteiger charge is 2.17. The van der Waals surface area contributed by atoms with Crippen molar-refractivity contribution in [3.05, 3.63) is 52.5 Å². The van der Waals surface area contributed by atoms with E-state index in [1.807, 2.05) is 24.3 Å². The summed E-state index contributed by atoms with van der Waals surface area (Å²) < 4.78 is 5.64. The molecule has 3 aromatic rings. The molecule has 0 spiro atoms. The number of benzene rings is 2.